The van der Waals surface area contributed by atoms with Gasteiger partial charge in [0.25, 0.3) is 10.0 Å². The second-order valence-electron chi connectivity index (χ2n) is 4.02. The Hall–Kier alpha value is -1.44. The first-order valence-electron chi connectivity index (χ1n) is 5.39. The molecule has 4 nitrogen and oxygen atoms in total. The predicted octanol–water partition coefficient (Wildman–Crippen LogP) is 2.49. The number of aliphatic hydroxyl groups excluding tert-OH is 1. The summed E-state index contributed by atoms with van der Waals surface area (Å²) in [5.74, 6) is -0.631. The Labute approximate surface area is 114 Å². The van der Waals surface area contributed by atoms with Crippen LogP contribution in [0.1, 0.15) is 11.1 Å². The van der Waals surface area contributed by atoms with E-state index in [4.69, 9.17) is 5.11 Å². The van der Waals surface area contributed by atoms with Crippen LogP contribution in [0.25, 0.3) is 0 Å². The van der Waals surface area contributed by atoms with E-state index in [1.54, 1.807) is 18.4 Å². The van der Waals surface area contributed by atoms with Crippen molar-refractivity contribution < 1.29 is 17.9 Å². The lowest BCUT2D eigenvalue weighted by Crippen LogP contribution is -2.12. The molecular weight excluding hydrogens is 289 g/mol. The molecule has 0 unspecified atom stereocenters. The molecule has 0 aliphatic rings. The Morgan fingerprint density at radius 1 is 1.37 bits per heavy atom. The lowest BCUT2D eigenvalue weighted by atomic mass is 10.2. The minimum atomic E-state index is -3.82. The van der Waals surface area contributed by atoms with Crippen LogP contribution >= 0.6 is 11.3 Å². The smallest absolute Gasteiger partial charge is 0.271 e. The van der Waals surface area contributed by atoms with Gasteiger partial charge in [-0.25, -0.2) is 12.8 Å². The second kappa shape index (κ2) is 5.28. The van der Waals surface area contributed by atoms with Crippen molar-refractivity contribution in [1.29, 1.82) is 0 Å². The summed E-state index contributed by atoms with van der Waals surface area (Å²) in [4.78, 5) is 0. The molecule has 102 valence electrons. The highest BCUT2D eigenvalue weighted by Crippen LogP contribution is 2.24. The molecule has 7 heteroatoms. The van der Waals surface area contributed by atoms with Crippen LogP contribution in [0.15, 0.2) is 33.9 Å². The molecule has 2 aromatic rings. The summed E-state index contributed by atoms with van der Waals surface area (Å²) < 4.78 is 39.9. The zero-order valence-electron chi connectivity index (χ0n) is 10.1. The molecule has 0 amide bonds. The number of anilines is 1. The Balaban J connectivity index is 2.33. The zero-order valence-corrected chi connectivity index (χ0v) is 11.7. The molecule has 2 N–H and O–H groups in total. The molecule has 19 heavy (non-hydrogen) atoms. The van der Waals surface area contributed by atoms with E-state index >= 15 is 0 Å². The van der Waals surface area contributed by atoms with Gasteiger partial charge in [0.15, 0.2) is 0 Å². The molecule has 1 aromatic heterocycles. The number of aryl methyl sites for hydroxylation is 1. The van der Waals surface area contributed by atoms with E-state index in [2.05, 4.69) is 4.72 Å². The van der Waals surface area contributed by atoms with Crippen LogP contribution in [0, 0.1) is 12.7 Å². The number of sulfonamides is 1. The monoisotopic (exact) mass is 301 g/mol. The summed E-state index contributed by atoms with van der Waals surface area (Å²) in [5.41, 5.74) is 1.18. The molecule has 0 radical (unpaired) electrons. The van der Waals surface area contributed by atoms with Gasteiger partial charge in [0, 0.05) is 0 Å². The molecular formula is C12H12FNO3S2. The van der Waals surface area contributed by atoms with Crippen molar-refractivity contribution in [2.75, 3.05) is 4.72 Å². The minimum absolute atomic E-state index is 0.0393. The first kappa shape index (κ1) is 14.0. The van der Waals surface area contributed by atoms with Crippen LogP contribution in [0.2, 0.25) is 0 Å². The zero-order chi connectivity index (χ0) is 14.0. The van der Waals surface area contributed by atoms with Gasteiger partial charge in [-0.05, 0) is 41.6 Å². The third-order valence-corrected chi connectivity index (χ3v) is 5.30. The minimum Gasteiger partial charge on any atom is -0.392 e. The number of thiophene rings is 1. The van der Waals surface area contributed by atoms with Crippen molar-refractivity contribution in [3.63, 3.8) is 0 Å². The van der Waals surface area contributed by atoms with Crippen LogP contribution in [0.3, 0.4) is 0 Å². The molecule has 0 bridgehead atoms. The first-order valence-corrected chi connectivity index (χ1v) is 7.76. The molecule has 2 rings (SSSR count). The fourth-order valence-corrected chi connectivity index (χ4v) is 3.75. The van der Waals surface area contributed by atoms with Gasteiger partial charge in [-0.3, -0.25) is 4.72 Å². The van der Waals surface area contributed by atoms with E-state index in [-0.39, 0.29) is 16.5 Å². The Morgan fingerprint density at radius 3 is 2.74 bits per heavy atom. The van der Waals surface area contributed by atoms with Crippen molar-refractivity contribution in [1.82, 2.24) is 0 Å². The van der Waals surface area contributed by atoms with Gasteiger partial charge in [-0.1, -0.05) is 6.07 Å². The van der Waals surface area contributed by atoms with Gasteiger partial charge in [0.05, 0.1) is 12.3 Å². The third kappa shape index (κ3) is 3.12. The van der Waals surface area contributed by atoms with E-state index < -0.39 is 15.8 Å². The van der Waals surface area contributed by atoms with Gasteiger partial charge in [-0.15, -0.1) is 11.3 Å². The molecule has 0 aliphatic heterocycles. The summed E-state index contributed by atoms with van der Waals surface area (Å²) >= 11 is 0.977. The summed E-state index contributed by atoms with van der Waals surface area (Å²) in [6, 6.07) is 5.55. The van der Waals surface area contributed by atoms with E-state index in [0.29, 0.717) is 5.56 Å². The molecule has 0 saturated carbocycles. The van der Waals surface area contributed by atoms with Gasteiger partial charge in [0.1, 0.15) is 10.0 Å². The number of aliphatic hydroxyl groups is 1. The topological polar surface area (TPSA) is 66.4 Å². The maximum atomic E-state index is 13.5. The largest absolute Gasteiger partial charge is 0.392 e. The lowest BCUT2D eigenvalue weighted by Gasteiger charge is -2.08. The quantitative estimate of drug-likeness (QED) is 0.912. The van der Waals surface area contributed by atoms with Crippen LogP contribution in [-0.2, 0) is 16.6 Å². The Morgan fingerprint density at radius 2 is 2.11 bits per heavy atom. The van der Waals surface area contributed by atoms with Gasteiger partial charge < -0.3 is 5.11 Å². The number of hydrogen-bond donors (Lipinski definition) is 2. The fraction of sp³-hybridized carbons (Fsp3) is 0.167. The SMILES string of the molecule is Cc1ccc(F)c(NS(=O)(=O)c2cc(CO)cs2)c1. The van der Waals surface area contributed by atoms with Gasteiger partial charge in [0.2, 0.25) is 0 Å². The molecule has 0 saturated heterocycles. The summed E-state index contributed by atoms with van der Waals surface area (Å²) in [6.45, 7) is 1.51. The van der Waals surface area contributed by atoms with Crippen molar-refractivity contribution in [2.45, 2.75) is 17.7 Å². The van der Waals surface area contributed by atoms with Crippen LogP contribution in [-0.4, -0.2) is 13.5 Å². The number of benzene rings is 1. The maximum Gasteiger partial charge on any atom is 0.271 e. The highest BCUT2D eigenvalue weighted by Gasteiger charge is 2.18. The number of hydrogen-bond acceptors (Lipinski definition) is 4. The molecule has 0 aliphatic carbocycles. The standard InChI is InChI=1S/C12H12FNO3S2/c1-8-2-3-10(13)11(4-8)14-19(16,17)12-5-9(6-15)7-18-12/h2-5,7,14-15H,6H2,1H3. The summed E-state index contributed by atoms with van der Waals surface area (Å²) in [6.07, 6.45) is 0. The molecule has 0 atom stereocenters. The van der Waals surface area contributed by atoms with Crippen LogP contribution < -0.4 is 4.72 Å². The average Bonchev–Trinajstić information content (AvgIpc) is 2.83. The third-order valence-electron chi connectivity index (χ3n) is 2.44. The molecule has 0 spiro atoms. The van der Waals surface area contributed by atoms with Gasteiger partial charge in [-0.2, -0.15) is 0 Å². The van der Waals surface area contributed by atoms with E-state index in [1.165, 1.54) is 18.2 Å². The van der Waals surface area contributed by atoms with Crippen LogP contribution in [0.5, 0.6) is 0 Å². The average molecular weight is 301 g/mol. The summed E-state index contributed by atoms with van der Waals surface area (Å²) in [5, 5.41) is 10.5. The van der Waals surface area contributed by atoms with Crippen LogP contribution in [0.4, 0.5) is 10.1 Å². The number of halogens is 1. The number of nitrogens with one attached hydrogen (secondary N) is 1. The normalized spacial score (nSPS) is 11.5. The summed E-state index contributed by atoms with van der Waals surface area (Å²) in [7, 11) is -3.82. The first-order chi connectivity index (χ1) is 8.92. The molecule has 0 fully saturated rings. The van der Waals surface area contributed by atoms with Gasteiger partial charge >= 0.3 is 0 Å². The van der Waals surface area contributed by atoms with Crippen molar-refractivity contribution >= 4 is 27.0 Å². The Bertz CT molecular complexity index is 695. The second-order valence-corrected chi connectivity index (χ2v) is 6.84. The lowest BCUT2D eigenvalue weighted by molar-refractivity contribution is 0.282. The fourth-order valence-electron chi connectivity index (χ4n) is 1.49. The van der Waals surface area contributed by atoms with Crippen molar-refractivity contribution in [3.8, 4) is 0 Å². The number of rotatable bonds is 4. The highest BCUT2D eigenvalue weighted by molar-refractivity contribution is 7.94. The van der Waals surface area contributed by atoms with E-state index in [9.17, 15) is 12.8 Å². The Kier molecular flexibility index (Phi) is 3.88. The maximum absolute atomic E-state index is 13.5. The highest BCUT2D eigenvalue weighted by atomic mass is 32.2. The van der Waals surface area contributed by atoms with E-state index in [1.807, 2.05) is 0 Å². The molecule has 1 aromatic carbocycles. The predicted molar refractivity (Wildman–Crippen MR) is 72.2 cm³/mol. The van der Waals surface area contributed by atoms with Crippen molar-refractivity contribution in [3.05, 3.63) is 46.6 Å². The van der Waals surface area contributed by atoms with Crippen molar-refractivity contribution in [2.24, 2.45) is 0 Å². The molecule has 1 heterocycles. The van der Waals surface area contributed by atoms with E-state index in [0.717, 1.165) is 16.9 Å².